The second kappa shape index (κ2) is 11.7. The maximum atomic E-state index is 13.2. The summed E-state index contributed by atoms with van der Waals surface area (Å²) in [5.74, 6) is 0.196. The van der Waals surface area contributed by atoms with Crippen molar-refractivity contribution in [2.75, 3.05) is 19.0 Å². The van der Waals surface area contributed by atoms with Crippen molar-refractivity contribution in [3.63, 3.8) is 0 Å². The first-order valence-electron chi connectivity index (χ1n) is 11.1. The Bertz CT molecular complexity index is 1180. The van der Waals surface area contributed by atoms with E-state index in [1.807, 2.05) is 31.2 Å². The Kier molecular flexibility index (Phi) is 8.95. The van der Waals surface area contributed by atoms with Crippen LogP contribution in [0.1, 0.15) is 45.1 Å². The number of benzene rings is 2. The van der Waals surface area contributed by atoms with E-state index in [0.717, 1.165) is 17.7 Å². The van der Waals surface area contributed by atoms with Gasteiger partial charge in [-0.1, -0.05) is 55.4 Å². The minimum absolute atomic E-state index is 0.139. The van der Waals surface area contributed by atoms with E-state index < -0.39 is 5.25 Å². The fourth-order valence-corrected chi connectivity index (χ4v) is 4.64. The highest BCUT2D eigenvalue weighted by molar-refractivity contribution is 8.00. The summed E-state index contributed by atoms with van der Waals surface area (Å²) in [6, 6.07) is 12.9. The van der Waals surface area contributed by atoms with E-state index in [1.54, 1.807) is 29.9 Å². The molecule has 3 rings (SSSR count). The molecule has 0 fully saturated rings. The zero-order valence-corrected chi connectivity index (χ0v) is 21.0. The number of amides is 1. The molecule has 2 atom stereocenters. The first-order chi connectivity index (χ1) is 15.8. The van der Waals surface area contributed by atoms with E-state index in [9.17, 15) is 9.59 Å². The van der Waals surface area contributed by atoms with E-state index in [-0.39, 0.29) is 11.5 Å². The van der Waals surface area contributed by atoms with E-state index in [4.69, 9.17) is 16.3 Å². The summed E-state index contributed by atoms with van der Waals surface area (Å²) >= 11 is 7.39. The molecule has 1 N–H and O–H groups in total. The molecule has 6 nitrogen and oxygen atoms in total. The molecule has 2 aromatic carbocycles. The van der Waals surface area contributed by atoms with Gasteiger partial charge in [-0.3, -0.25) is 14.2 Å². The van der Waals surface area contributed by atoms with Gasteiger partial charge in [-0.2, -0.15) is 0 Å². The standard InChI is InChI=1S/C25H30ClN3O3S/c1-5-16(2)19-9-6-7-10-21(19)27-23(30)17(3)33-25-28-22-15-18(26)11-12-20(22)24(31)29(25)13-8-14-32-4/h6-7,9-12,15-17H,5,8,13-14H2,1-4H3,(H,27,30). The minimum atomic E-state index is -0.466. The highest BCUT2D eigenvalue weighted by Gasteiger charge is 2.21. The van der Waals surface area contributed by atoms with Gasteiger partial charge in [0.15, 0.2) is 5.16 Å². The zero-order valence-electron chi connectivity index (χ0n) is 19.4. The number of halogens is 1. The molecule has 3 aromatic rings. The summed E-state index contributed by atoms with van der Waals surface area (Å²) in [5.41, 5.74) is 2.30. The minimum Gasteiger partial charge on any atom is -0.385 e. The van der Waals surface area contributed by atoms with Crippen LogP contribution in [0.15, 0.2) is 52.4 Å². The van der Waals surface area contributed by atoms with Gasteiger partial charge < -0.3 is 10.1 Å². The first-order valence-corrected chi connectivity index (χ1v) is 12.4. The molecule has 2 unspecified atom stereocenters. The van der Waals surface area contributed by atoms with Gasteiger partial charge in [0.05, 0.1) is 16.2 Å². The van der Waals surface area contributed by atoms with Crippen LogP contribution in [-0.4, -0.2) is 34.4 Å². The number of anilines is 1. The van der Waals surface area contributed by atoms with Crippen molar-refractivity contribution in [2.45, 2.75) is 56.5 Å². The highest BCUT2D eigenvalue weighted by Crippen LogP contribution is 2.29. The van der Waals surface area contributed by atoms with Gasteiger partial charge in [-0.15, -0.1) is 0 Å². The van der Waals surface area contributed by atoms with Gasteiger partial charge in [0.1, 0.15) is 0 Å². The number of thioether (sulfide) groups is 1. The molecule has 176 valence electrons. The molecule has 8 heteroatoms. The third-order valence-corrected chi connectivity index (χ3v) is 6.95. The second-order valence-electron chi connectivity index (χ2n) is 8.00. The zero-order chi connectivity index (χ0) is 24.0. The number of rotatable bonds is 10. The van der Waals surface area contributed by atoms with E-state index in [1.165, 1.54) is 11.8 Å². The molecule has 1 heterocycles. The average molecular weight is 488 g/mol. The lowest BCUT2D eigenvalue weighted by atomic mass is 9.97. The maximum absolute atomic E-state index is 13.2. The number of nitrogens with zero attached hydrogens (tertiary/aromatic N) is 2. The normalized spacial score (nSPS) is 13.1. The predicted molar refractivity (Wildman–Crippen MR) is 137 cm³/mol. The summed E-state index contributed by atoms with van der Waals surface area (Å²) in [5, 5.41) is 4.10. The van der Waals surface area contributed by atoms with Crippen LogP contribution in [0.5, 0.6) is 0 Å². The van der Waals surface area contributed by atoms with Crippen LogP contribution in [0, 0.1) is 0 Å². The third-order valence-electron chi connectivity index (χ3n) is 5.63. The second-order valence-corrected chi connectivity index (χ2v) is 9.75. The van der Waals surface area contributed by atoms with Gasteiger partial charge in [-0.05, 0) is 55.5 Å². The van der Waals surface area contributed by atoms with Gasteiger partial charge in [0.25, 0.3) is 5.56 Å². The fourth-order valence-electron chi connectivity index (χ4n) is 3.53. The number of hydrogen-bond donors (Lipinski definition) is 1. The number of carbonyl (C=O) groups excluding carboxylic acids is 1. The number of hydrogen-bond acceptors (Lipinski definition) is 5. The first kappa shape index (κ1) is 25.3. The van der Waals surface area contributed by atoms with Crippen LogP contribution in [0.3, 0.4) is 0 Å². The molecule has 0 spiro atoms. The van der Waals surface area contributed by atoms with Gasteiger partial charge in [0, 0.05) is 31.0 Å². The van der Waals surface area contributed by atoms with Crippen LogP contribution in [0.25, 0.3) is 10.9 Å². The number of ether oxygens (including phenoxy) is 1. The number of fused-ring (bicyclic) bond motifs is 1. The van der Waals surface area contributed by atoms with Crippen LogP contribution in [-0.2, 0) is 16.1 Å². The molecule has 0 radical (unpaired) electrons. The molecule has 0 saturated carbocycles. The van der Waals surface area contributed by atoms with E-state index in [0.29, 0.717) is 46.6 Å². The molecule has 1 amide bonds. The number of methoxy groups -OCH3 is 1. The number of para-hydroxylation sites is 1. The SMILES string of the molecule is CCC(C)c1ccccc1NC(=O)C(C)Sc1nc2cc(Cl)ccc2c(=O)n1CCCOC. The fraction of sp³-hybridized carbons (Fsp3) is 0.400. The Morgan fingerprint density at radius 3 is 2.73 bits per heavy atom. The van der Waals surface area contributed by atoms with Crippen LogP contribution < -0.4 is 10.9 Å². The lowest BCUT2D eigenvalue weighted by Crippen LogP contribution is -2.27. The lowest BCUT2D eigenvalue weighted by Gasteiger charge is -2.19. The van der Waals surface area contributed by atoms with Crippen molar-refractivity contribution in [3.8, 4) is 0 Å². The topological polar surface area (TPSA) is 73.2 Å². The van der Waals surface area contributed by atoms with Crippen molar-refractivity contribution in [1.29, 1.82) is 0 Å². The van der Waals surface area contributed by atoms with Crippen molar-refractivity contribution >= 4 is 45.9 Å². The van der Waals surface area contributed by atoms with E-state index >= 15 is 0 Å². The largest absolute Gasteiger partial charge is 0.385 e. The summed E-state index contributed by atoms with van der Waals surface area (Å²) in [4.78, 5) is 30.9. The highest BCUT2D eigenvalue weighted by atomic mass is 35.5. The Balaban J connectivity index is 1.89. The van der Waals surface area contributed by atoms with E-state index in [2.05, 4.69) is 24.1 Å². The summed E-state index contributed by atoms with van der Waals surface area (Å²) in [6.07, 6.45) is 1.64. The van der Waals surface area contributed by atoms with Crippen molar-refractivity contribution < 1.29 is 9.53 Å². The van der Waals surface area contributed by atoms with Crippen LogP contribution >= 0.6 is 23.4 Å². The van der Waals surface area contributed by atoms with Crippen LogP contribution in [0.4, 0.5) is 5.69 Å². The van der Waals surface area contributed by atoms with Crippen molar-refractivity contribution in [2.24, 2.45) is 0 Å². The molecule has 0 aliphatic rings. The molecular weight excluding hydrogens is 458 g/mol. The smallest absolute Gasteiger partial charge is 0.262 e. The Morgan fingerprint density at radius 2 is 2.00 bits per heavy atom. The molecule has 0 aliphatic carbocycles. The molecule has 0 bridgehead atoms. The Morgan fingerprint density at radius 1 is 1.24 bits per heavy atom. The Hall–Kier alpha value is -2.35. The quantitative estimate of drug-likeness (QED) is 0.225. The summed E-state index contributed by atoms with van der Waals surface area (Å²) < 4.78 is 6.77. The number of carbonyl (C=O) groups is 1. The third kappa shape index (κ3) is 6.16. The average Bonchev–Trinajstić information content (AvgIpc) is 2.80. The van der Waals surface area contributed by atoms with Crippen molar-refractivity contribution in [3.05, 3.63) is 63.4 Å². The predicted octanol–water partition coefficient (Wildman–Crippen LogP) is 5.72. The molecule has 0 aliphatic heterocycles. The van der Waals surface area contributed by atoms with Gasteiger partial charge in [-0.25, -0.2) is 4.98 Å². The maximum Gasteiger partial charge on any atom is 0.262 e. The number of nitrogens with one attached hydrogen (secondary N) is 1. The molecular formula is C25H30ClN3O3S. The number of aromatic nitrogens is 2. The summed E-state index contributed by atoms with van der Waals surface area (Å²) in [6.45, 7) is 7.07. The van der Waals surface area contributed by atoms with Gasteiger partial charge >= 0.3 is 0 Å². The molecule has 33 heavy (non-hydrogen) atoms. The van der Waals surface area contributed by atoms with Crippen LogP contribution in [0.2, 0.25) is 5.02 Å². The Labute approximate surface area is 203 Å². The monoisotopic (exact) mass is 487 g/mol. The molecule has 1 aromatic heterocycles. The van der Waals surface area contributed by atoms with Crippen molar-refractivity contribution in [1.82, 2.24) is 9.55 Å². The summed E-state index contributed by atoms with van der Waals surface area (Å²) in [7, 11) is 1.63. The lowest BCUT2D eigenvalue weighted by molar-refractivity contribution is -0.115. The van der Waals surface area contributed by atoms with Gasteiger partial charge in [0.2, 0.25) is 5.91 Å². The molecule has 0 saturated heterocycles.